The van der Waals surface area contributed by atoms with Crippen LogP contribution in [-0.4, -0.2) is 83.8 Å². The number of rotatable bonds is 9. The van der Waals surface area contributed by atoms with Crippen molar-refractivity contribution in [2.45, 2.75) is 11.7 Å². The number of anilines is 1. The maximum Gasteiger partial charge on any atom is 0.339 e. The highest BCUT2D eigenvalue weighted by Gasteiger charge is 2.21. The molecular weight excluding hydrogens is 498 g/mol. The molecule has 1 saturated heterocycles. The van der Waals surface area contributed by atoms with E-state index in [0.717, 1.165) is 24.6 Å². The zero-order chi connectivity index (χ0) is 26.2. The quantitative estimate of drug-likeness (QED) is 0.329. The molecule has 0 bridgehead atoms. The van der Waals surface area contributed by atoms with Gasteiger partial charge in [0.2, 0.25) is 5.91 Å². The lowest BCUT2D eigenvalue weighted by atomic mass is 10.1. The molecule has 1 aromatic heterocycles. The average Bonchev–Trinajstić information content (AvgIpc) is 3.34. The summed E-state index contributed by atoms with van der Waals surface area (Å²) in [6.45, 7) is 3.55. The van der Waals surface area contributed by atoms with Crippen LogP contribution < -0.4 is 5.32 Å². The normalized spacial score (nSPS) is 13.7. The van der Waals surface area contributed by atoms with Gasteiger partial charge in [0.25, 0.3) is 0 Å². The number of esters is 2. The number of nitrogens with one attached hydrogen (secondary N) is 1. The zero-order valence-corrected chi connectivity index (χ0v) is 21.3. The van der Waals surface area contributed by atoms with Crippen LogP contribution in [-0.2, 0) is 25.5 Å². The molecule has 4 rings (SSSR count). The Morgan fingerprint density at radius 3 is 2.43 bits per heavy atom. The number of methoxy groups -OCH3 is 2. The fourth-order valence-electron chi connectivity index (χ4n) is 3.79. The van der Waals surface area contributed by atoms with E-state index in [0.29, 0.717) is 24.9 Å². The van der Waals surface area contributed by atoms with E-state index >= 15 is 0 Å². The largest absolute Gasteiger partial charge is 0.465 e. The van der Waals surface area contributed by atoms with Gasteiger partial charge in [-0.1, -0.05) is 30.0 Å². The SMILES string of the molecule is COC(=O)c1ccc(C(=O)OC)c(NC(=O)CSc2nnc(CN3CCOCC3)n2-c2ccccc2)c1. The van der Waals surface area contributed by atoms with Crippen molar-refractivity contribution in [3.63, 3.8) is 0 Å². The van der Waals surface area contributed by atoms with Crippen LogP contribution in [0.4, 0.5) is 5.69 Å². The molecule has 1 N–H and O–H groups in total. The highest BCUT2D eigenvalue weighted by Crippen LogP contribution is 2.25. The first-order valence-corrected chi connectivity index (χ1v) is 12.5. The summed E-state index contributed by atoms with van der Waals surface area (Å²) in [6.07, 6.45) is 0. The second-order valence-corrected chi connectivity index (χ2v) is 8.98. The van der Waals surface area contributed by atoms with E-state index in [1.807, 2.05) is 34.9 Å². The van der Waals surface area contributed by atoms with Gasteiger partial charge >= 0.3 is 11.9 Å². The van der Waals surface area contributed by atoms with E-state index in [-0.39, 0.29) is 22.6 Å². The number of thioether (sulfide) groups is 1. The molecule has 1 amide bonds. The molecule has 0 radical (unpaired) electrons. The predicted molar refractivity (Wildman–Crippen MR) is 136 cm³/mol. The van der Waals surface area contributed by atoms with Gasteiger partial charge in [0.1, 0.15) is 0 Å². The molecule has 0 saturated carbocycles. The monoisotopic (exact) mass is 525 g/mol. The van der Waals surface area contributed by atoms with E-state index in [4.69, 9.17) is 14.2 Å². The smallest absolute Gasteiger partial charge is 0.339 e. The van der Waals surface area contributed by atoms with Crippen molar-refractivity contribution in [1.29, 1.82) is 0 Å². The maximum absolute atomic E-state index is 12.9. The van der Waals surface area contributed by atoms with Crippen LogP contribution in [0.3, 0.4) is 0 Å². The molecule has 194 valence electrons. The summed E-state index contributed by atoms with van der Waals surface area (Å²) in [4.78, 5) is 39.3. The van der Waals surface area contributed by atoms with Crippen molar-refractivity contribution in [2.75, 3.05) is 51.6 Å². The number of hydrogen-bond acceptors (Lipinski definition) is 10. The molecule has 0 unspecified atom stereocenters. The Morgan fingerprint density at radius 1 is 1.00 bits per heavy atom. The van der Waals surface area contributed by atoms with Gasteiger partial charge in [-0.25, -0.2) is 9.59 Å². The van der Waals surface area contributed by atoms with Gasteiger partial charge in [0.15, 0.2) is 11.0 Å². The third-order valence-corrected chi connectivity index (χ3v) is 6.56. The van der Waals surface area contributed by atoms with Crippen molar-refractivity contribution >= 4 is 35.3 Å². The van der Waals surface area contributed by atoms with Gasteiger partial charge in [0, 0.05) is 18.8 Å². The molecule has 12 heteroatoms. The Hall–Kier alpha value is -3.74. The molecule has 1 fully saturated rings. The fraction of sp³-hybridized carbons (Fsp3) is 0.320. The molecule has 1 aliphatic rings. The summed E-state index contributed by atoms with van der Waals surface area (Å²) in [7, 11) is 2.49. The van der Waals surface area contributed by atoms with Crippen LogP contribution in [0, 0.1) is 0 Å². The number of benzene rings is 2. The fourth-order valence-corrected chi connectivity index (χ4v) is 4.56. The molecule has 0 atom stereocenters. The minimum atomic E-state index is -0.643. The van der Waals surface area contributed by atoms with E-state index in [9.17, 15) is 14.4 Å². The Kier molecular flexibility index (Phi) is 8.88. The van der Waals surface area contributed by atoms with Gasteiger partial charge in [-0.2, -0.15) is 0 Å². The van der Waals surface area contributed by atoms with E-state index < -0.39 is 17.8 Å². The molecule has 3 aromatic rings. The molecule has 1 aliphatic heterocycles. The summed E-state index contributed by atoms with van der Waals surface area (Å²) in [5.74, 6) is -0.878. The summed E-state index contributed by atoms with van der Waals surface area (Å²) in [6, 6.07) is 13.9. The first-order chi connectivity index (χ1) is 18.0. The molecule has 2 aromatic carbocycles. The maximum atomic E-state index is 12.9. The van der Waals surface area contributed by atoms with Gasteiger partial charge < -0.3 is 19.5 Å². The van der Waals surface area contributed by atoms with Gasteiger partial charge in [-0.05, 0) is 30.3 Å². The van der Waals surface area contributed by atoms with Crippen LogP contribution in [0.25, 0.3) is 5.69 Å². The lowest BCUT2D eigenvalue weighted by Gasteiger charge is -2.26. The summed E-state index contributed by atoms with van der Waals surface area (Å²) in [5.41, 5.74) is 1.35. The van der Waals surface area contributed by atoms with E-state index in [1.165, 1.54) is 44.2 Å². The first-order valence-electron chi connectivity index (χ1n) is 11.5. The van der Waals surface area contributed by atoms with Gasteiger partial charge in [0.05, 0.1) is 56.5 Å². The lowest BCUT2D eigenvalue weighted by molar-refractivity contribution is -0.113. The molecule has 0 spiro atoms. The van der Waals surface area contributed by atoms with Gasteiger partial charge in [-0.15, -0.1) is 10.2 Å². The topological polar surface area (TPSA) is 125 Å². The number of carbonyl (C=O) groups is 3. The highest BCUT2D eigenvalue weighted by molar-refractivity contribution is 7.99. The van der Waals surface area contributed by atoms with Gasteiger partial charge in [-0.3, -0.25) is 14.3 Å². The van der Waals surface area contributed by atoms with Crippen LogP contribution in [0.5, 0.6) is 0 Å². The Labute approximate surface area is 218 Å². The molecule has 37 heavy (non-hydrogen) atoms. The van der Waals surface area contributed by atoms with Crippen LogP contribution in [0.2, 0.25) is 0 Å². The molecule has 0 aliphatic carbocycles. The summed E-state index contributed by atoms with van der Waals surface area (Å²) >= 11 is 1.21. The van der Waals surface area contributed by atoms with Crippen LogP contribution in [0.1, 0.15) is 26.5 Å². The number of nitrogens with zero attached hydrogens (tertiary/aromatic N) is 4. The molecule has 2 heterocycles. The van der Waals surface area contributed by atoms with E-state index in [1.54, 1.807) is 0 Å². The van der Waals surface area contributed by atoms with Crippen molar-refractivity contribution in [1.82, 2.24) is 19.7 Å². The number of amides is 1. The van der Waals surface area contributed by atoms with Crippen LogP contribution >= 0.6 is 11.8 Å². The number of morpholine rings is 1. The second-order valence-electron chi connectivity index (χ2n) is 8.04. The molecular formula is C25H27N5O6S. The van der Waals surface area contributed by atoms with E-state index in [2.05, 4.69) is 20.4 Å². The third kappa shape index (κ3) is 6.53. The second kappa shape index (κ2) is 12.5. The number of ether oxygens (including phenoxy) is 3. The first kappa shape index (κ1) is 26.3. The zero-order valence-electron chi connectivity index (χ0n) is 20.5. The third-order valence-electron chi connectivity index (χ3n) is 5.64. The Bertz CT molecular complexity index is 1260. The van der Waals surface area contributed by atoms with Crippen molar-refractivity contribution in [3.05, 3.63) is 65.5 Å². The predicted octanol–water partition coefficient (Wildman–Crippen LogP) is 2.40. The van der Waals surface area contributed by atoms with Crippen molar-refractivity contribution in [2.24, 2.45) is 0 Å². The number of carbonyl (C=O) groups excluding carboxylic acids is 3. The Morgan fingerprint density at radius 2 is 1.73 bits per heavy atom. The summed E-state index contributed by atoms with van der Waals surface area (Å²) < 4.78 is 16.9. The standard InChI is InChI=1S/C25H27N5O6S/c1-34-23(32)17-8-9-19(24(33)35-2)20(14-17)26-22(31)16-37-25-28-27-21(15-29-10-12-36-13-11-29)30(25)18-6-4-3-5-7-18/h3-9,14H,10-13,15-16H2,1-2H3,(H,26,31). The lowest BCUT2D eigenvalue weighted by Crippen LogP contribution is -2.36. The average molecular weight is 526 g/mol. The van der Waals surface area contributed by atoms with Crippen molar-refractivity contribution < 1.29 is 28.6 Å². The number of para-hydroxylation sites is 1. The number of hydrogen-bond donors (Lipinski definition) is 1. The summed E-state index contributed by atoms with van der Waals surface area (Å²) in [5, 5.41) is 12.0. The minimum absolute atomic E-state index is 0.00835. The van der Waals surface area contributed by atoms with Crippen molar-refractivity contribution in [3.8, 4) is 5.69 Å². The highest BCUT2D eigenvalue weighted by atomic mass is 32.2. The number of aromatic nitrogens is 3. The van der Waals surface area contributed by atoms with Crippen LogP contribution in [0.15, 0.2) is 53.7 Å². The minimum Gasteiger partial charge on any atom is -0.465 e. The Balaban J connectivity index is 1.52. The molecule has 11 nitrogen and oxygen atoms in total.